The summed E-state index contributed by atoms with van der Waals surface area (Å²) in [5.41, 5.74) is 3.74. The largest absolute Gasteiger partial charge is 0.480 e. The van der Waals surface area contributed by atoms with Crippen molar-refractivity contribution in [2.75, 3.05) is 6.61 Å². The summed E-state index contributed by atoms with van der Waals surface area (Å²) in [4.78, 5) is 15.6. The Kier molecular flexibility index (Phi) is 5.19. The number of carbonyl (C=O) groups is 1. The van der Waals surface area contributed by atoms with Gasteiger partial charge in [0, 0.05) is 17.0 Å². The molecule has 1 aromatic heterocycles. The van der Waals surface area contributed by atoms with Crippen molar-refractivity contribution >= 4 is 16.9 Å². The van der Waals surface area contributed by atoms with E-state index in [0.717, 1.165) is 28.5 Å². The zero-order valence-electron chi connectivity index (χ0n) is 14.8. The molecule has 0 saturated heterocycles. The number of carboxylic acid groups (broad SMARTS) is 1. The van der Waals surface area contributed by atoms with Crippen LogP contribution >= 0.6 is 0 Å². The van der Waals surface area contributed by atoms with E-state index in [0.29, 0.717) is 16.7 Å². The summed E-state index contributed by atoms with van der Waals surface area (Å²) >= 11 is 0. The standard InChI is InChI=1S/C21H21NO4/c1-3-14-6-9-19-16(10-14)17(22-18(12-23)21(24)25)11-20(26-19)15-7-4-13(2)5-8-15/h4-11,18,23H,3,12H2,1-2H3,(H,24,25). The fraction of sp³-hybridized carbons (Fsp3) is 0.238. The van der Waals surface area contributed by atoms with Crippen molar-refractivity contribution in [1.29, 1.82) is 0 Å². The Morgan fingerprint density at radius 1 is 1.15 bits per heavy atom. The predicted molar refractivity (Wildman–Crippen MR) is 99.8 cm³/mol. The minimum absolute atomic E-state index is 0.499. The first-order chi connectivity index (χ1) is 12.5. The number of fused-ring (bicyclic) bond motifs is 1. The van der Waals surface area contributed by atoms with Crippen LogP contribution in [0.3, 0.4) is 0 Å². The van der Waals surface area contributed by atoms with Gasteiger partial charge in [0.15, 0.2) is 6.04 Å². The Labute approximate surface area is 151 Å². The molecule has 26 heavy (non-hydrogen) atoms. The molecule has 0 saturated carbocycles. The lowest BCUT2D eigenvalue weighted by Crippen LogP contribution is -2.25. The normalized spacial score (nSPS) is 13.1. The molecule has 1 atom stereocenters. The van der Waals surface area contributed by atoms with Crippen LogP contribution in [0.4, 0.5) is 0 Å². The molecule has 1 unspecified atom stereocenters. The van der Waals surface area contributed by atoms with E-state index in [1.165, 1.54) is 0 Å². The second-order valence-electron chi connectivity index (χ2n) is 6.21. The lowest BCUT2D eigenvalue weighted by Gasteiger charge is -2.08. The first kappa shape index (κ1) is 17.9. The molecule has 0 spiro atoms. The highest BCUT2D eigenvalue weighted by molar-refractivity contribution is 5.80. The Bertz CT molecular complexity index is 1000. The molecule has 2 N–H and O–H groups in total. The molecule has 0 amide bonds. The third-order valence-electron chi connectivity index (χ3n) is 4.30. The summed E-state index contributed by atoms with van der Waals surface area (Å²) in [6, 6.07) is 14.2. The second-order valence-corrected chi connectivity index (χ2v) is 6.21. The van der Waals surface area contributed by atoms with Crippen molar-refractivity contribution in [2.24, 2.45) is 4.99 Å². The maximum Gasteiger partial charge on any atom is 0.330 e. The number of benzene rings is 2. The first-order valence-electron chi connectivity index (χ1n) is 8.53. The van der Waals surface area contributed by atoms with Crippen molar-refractivity contribution < 1.29 is 19.4 Å². The molecular formula is C21H21NO4. The topological polar surface area (TPSA) is 83.0 Å². The van der Waals surface area contributed by atoms with E-state index < -0.39 is 18.6 Å². The lowest BCUT2D eigenvalue weighted by molar-refractivity contribution is -0.139. The molecule has 3 aromatic rings. The van der Waals surface area contributed by atoms with E-state index in [9.17, 15) is 15.0 Å². The Morgan fingerprint density at radius 3 is 2.50 bits per heavy atom. The monoisotopic (exact) mass is 351 g/mol. The average Bonchev–Trinajstić information content (AvgIpc) is 2.65. The minimum Gasteiger partial charge on any atom is -0.480 e. The third kappa shape index (κ3) is 3.68. The fourth-order valence-corrected chi connectivity index (χ4v) is 2.74. The molecule has 5 nitrogen and oxygen atoms in total. The number of carboxylic acids is 1. The maximum atomic E-state index is 11.3. The van der Waals surface area contributed by atoms with Gasteiger partial charge >= 0.3 is 5.97 Å². The van der Waals surface area contributed by atoms with Crippen LogP contribution in [0.2, 0.25) is 0 Å². The molecule has 134 valence electrons. The smallest absolute Gasteiger partial charge is 0.330 e. The van der Waals surface area contributed by atoms with Crippen molar-refractivity contribution in [2.45, 2.75) is 26.3 Å². The molecule has 0 aliphatic carbocycles. The molecule has 0 aliphatic rings. The van der Waals surface area contributed by atoms with E-state index in [4.69, 9.17) is 4.42 Å². The van der Waals surface area contributed by atoms with Crippen molar-refractivity contribution in [3.63, 3.8) is 0 Å². The molecular weight excluding hydrogens is 330 g/mol. The van der Waals surface area contributed by atoms with Crippen molar-refractivity contribution in [3.8, 4) is 11.3 Å². The highest BCUT2D eigenvalue weighted by atomic mass is 16.4. The molecule has 2 aromatic carbocycles. The highest BCUT2D eigenvalue weighted by Gasteiger charge is 2.15. The van der Waals surface area contributed by atoms with Gasteiger partial charge in [0.05, 0.1) is 12.0 Å². The van der Waals surface area contributed by atoms with Crippen molar-refractivity contribution in [3.05, 3.63) is 65.0 Å². The van der Waals surface area contributed by atoms with Crippen LogP contribution in [0, 0.1) is 6.92 Å². The summed E-state index contributed by atoms with van der Waals surface area (Å²) in [5, 5.41) is 19.8. The zero-order valence-corrected chi connectivity index (χ0v) is 14.8. The quantitative estimate of drug-likeness (QED) is 0.739. The number of aryl methyl sites for hydroxylation is 2. The van der Waals surface area contributed by atoms with Gasteiger partial charge < -0.3 is 14.6 Å². The fourth-order valence-electron chi connectivity index (χ4n) is 2.74. The number of hydrogen-bond donors (Lipinski definition) is 2. The summed E-state index contributed by atoms with van der Waals surface area (Å²) in [7, 11) is 0. The lowest BCUT2D eigenvalue weighted by atomic mass is 10.1. The van der Waals surface area contributed by atoms with Gasteiger partial charge in [-0.05, 0) is 31.0 Å². The van der Waals surface area contributed by atoms with E-state index in [-0.39, 0.29) is 0 Å². The SMILES string of the molecule is CCc1ccc2oc(-c3ccc(C)cc3)cc(=NC(CO)C(=O)O)c2c1. The number of aliphatic hydroxyl groups excluding tert-OH is 1. The van der Waals surface area contributed by atoms with E-state index >= 15 is 0 Å². The molecule has 0 bridgehead atoms. The van der Waals surface area contributed by atoms with Gasteiger partial charge in [0.1, 0.15) is 11.3 Å². The van der Waals surface area contributed by atoms with Crippen LogP contribution in [-0.2, 0) is 11.2 Å². The molecule has 0 aliphatic heterocycles. The van der Waals surface area contributed by atoms with Crippen LogP contribution in [0.25, 0.3) is 22.3 Å². The number of rotatable bonds is 5. The average molecular weight is 351 g/mol. The van der Waals surface area contributed by atoms with Gasteiger partial charge in [-0.2, -0.15) is 0 Å². The molecule has 1 heterocycles. The highest BCUT2D eigenvalue weighted by Crippen LogP contribution is 2.23. The van der Waals surface area contributed by atoms with Crippen LogP contribution in [0.15, 0.2) is 57.9 Å². The molecule has 5 heteroatoms. The van der Waals surface area contributed by atoms with Gasteiger partial charge in [-0.1, -0.05) is 42.8 Å². The van der Waals surface area contributed by atoms with Gasteiger partial charge in [0.25, 0.3) is 0 Å². The Morgan fingerprint density at radius 2 is 1.88 bits per heavy atom. The zero-order chi connectivity index (χ0) is 18.7. The van der Waals surface area contributed by atoms with Crippen molar-refractivity contribution in [1.82, 2.24) is 0 Å². The first-order valence-corrected chi connectivity index (χ1v) is 8.53. The van der Waals surface area contributed by atoms with E-state index in [1.54, 1.807) is 6.07 Å². The number of aliphatic carboxylic acids is 1. The second kappa shape index (κ2) is 7.54. The minimum atomic E-state index is -1.21. The number of nitrogens with zero attached hydrogens (tertiary/aromatic N) is 1. The summed E-state index contributed by atoms with van der Waals surface area (Å²) in [5.74, 6) is -0.562. The van der Waals surface area contributed by atoms with Crippen LogP contribution in [0.1, 0.15) is 18.1 Å². The maximum absolute atomic E-state index is 11.3. The molecule has 3 rings (SSSR count). The van der Waals surface area contributed by atoms with Gasteiger partial charge in [-0.3, -0.25) is 4.99 Å². The predicted octanol–water partition coefficient (Wildman–Crippen LogP) is 3.32. The molecule has 0 fully saturated rings. The third-order valence-corrected chi connectivity index (χ3v) is 4.30. The Hall–Kier alpha value is -2.92. The van der Waals surface area contributed by atoms with E-state index in [1.807, 2.05) is 56.3 Å². The number of hydrogen-bond acceptors (Lipinski definition) is 4. The summed E-state index contributed by atoms with van der Waals surface area (Å²) in [6.07, 6.45) is 0.845. The van der Waals surface area contributed by atoms with Gasteiger partial charge in [0.2, 0.25) is 0 Å². The molecule has 0 radical (unpaired) electrons. The van der Waals surface area contributed by atoms with Crippen LogP contribution in [0.5, 0.6) is 0 Å². The number of aliphatic hydroxyl groups is 1. The van der Waals surface area contributed by atoms with Gasteiger partial charge in [-0.15, -0.1) is 0 Å². The van der Waals surface area contributed by atoms with E-state index in [2.05, 4.69) is 4.99 Å². The van der Waals surface area contributed by atoms with Crippen LogP contribution in [-0.4, -0.2) is 28.8 Å². The van der Waals surface area contributed by atoms with Crippen LogP contribution < -0.4 is 5.36 Å². The summed E-state index contributed by atoms with van der Waals surface area (Å²) < 4.78 is 6.03. The van der Waals surface area contributed by atoms with Gasteiger partial charge in [-0.25, -0.2) is 4.79 Å². The summed E-state index contributed by atoms with van der Waals surface area (Å²) in [6.45, 7) is 3.49. The Balaban J connectivity index is 2.28.